The highest BCUT2D eigenvalue weighted by atomic mass is 35.5. The van der Waals surface area contributed by atoms with Crippen LogP contribution in [0.2, 0.25) is 10.0 Å². The molecule has 0 N–H and O–H groups in total. The summed E-state index contributed by atoms with van der Waals surface area (Å²) in [6, 6.07) is 5.36. The van der Waals surface area contributed by atoms with Gasteiger partial charge in [-0.2, -0.15) is 0 Å². The smallest absolute Gasteiger partial charge is 0.175 e. The highest BCUT2D eigenvalue weighted by molar-refractivity contribution is 6.42. The number of likely N-dealkylation sites (tertiary alicyclic amines) is 1. The van der Waals surface area contributed by atoms with Crippen molar-refractivity contribution in [3.63, 3.8) is 0 Å². The molecule has 21 heavy (non-hydrogen) atoms. The summed E-state index contributed by atoms with van der Waals surface area (Å²) < 4.78 is 0. The van der Waals surface area contributed by atoms with E-state index in [4.69, 9.17) is 23.2 Å². The topological polar surface area (TPSA) is 20.3 Å². The molecule has 4 heteroatoms. The zero-order valence-corrected chi connectivity index (χ0v) is 14.0. The van der Waals surface area contributed by atoms with Crippen molar-refractivity contribution < 1.29 is 4.79 Å². The molecule has 1 saturated heterocycles. The van der Waals surface area contributed by atoms with E-state index in [1.165, 1.54) is 19.3 Å². The summed E-state index contributed by atoms with van der Waals surface area (Å²) in [5.74, 6) is 0.121. The van der Waals surface area contributed by atoms with Crippen molar-refractivity contribution in [2.24, 2.45) is 0 Å². The number of halogens is 2. The summed E-state index contributed by atoms with van der Waals surface area (Å²) in [5, 5.41) is 1.02. The molecule has 1 heterocycles. The zero-order valence-electron chi connectivity index (χ0n) is 12.5. The van der Waals surface area contributed by atoms with Gasteiger partial charge in [-0.25, -0.2) is 0 Å². The number of benzene rings is 1. The van der Waals surface area contributed by atoms with Crippen LogP contribution in [0.4, 0.5) is 0 Å². The van der Waals surface area contributed by atoms with Gasteiger partial charge in [0.1, 0.15) is 0 Å². The Morgan fingerprint density at radius 2 is 1.81 bits per heavy atom. The third-order valence-electron chi connectivity index (χ3n) is 4.12. The highest BCUT2D eigenvalue weighted by Crippen LogP contribution is 2.24. The third-order valence-corrected chi connectivity index (χ3v) is 4.86. The zero-order chi connectivity index (χ0) is 15.5. The van der Waals surface area contributed by atoms with Crippen LogP contribution in [-0.2, 0) is 4.79 Å². The van der Waals surface area contributed by atoms with Crippen molar-refractivity contribution in [2.45, 2.75) is 38.6 Å². The Morgan fingerprint density at radius 3 is 2.43 bits per heavy atom. The molecular formula is C17H21Cl2NO. The van der Waals surface area contributed by atoms with Gasteiger partial charge >= 0.3 is 0 Å². The Balaban J connectivity index is 2.08. The summed E-state index contributed by atoms with van der Waals surface area (Å²) >= 11 is 11.9. The summed E-state index contributed by atoms with van der Waals surface area (Å²) in [6.45, 7) is 6.00. The first-order valence-electron chi connectivity index (χ1n) is 7.34. The van der Waals surface area contributed by atoms with Crippen molar-refractivity contribution in [2.75, 3.05) is 13.1 Å². The van der Waals surface area contributed by atoms with Crippen molar-refractivity contribution in [3.05, 3.63) is 39.9 Å². The molecule has 1 aliphatic heterocycles. The molecule has 0 aliphatic carbocycles. The van der Waals surface area contributed by atoms with Crippen LogP contribution in [0.3, 0.4) is 0 Å². The van der Waals surface area contributed by atoms with E-state index >= 15 is 0 Å². The van der Waals surface area contributed by atoms with Gasteiger partial charge in [-0.05, 0) is 63.6 Å². The van der Waals surface area contributed by atoms with Crippen LogP contribution in [0, 0.1) is 0 Å². The molecule has 0 bridgehead atoms. The number of carbonyl (C=O) groups excluding carboxylic acids is 1. The molecule has 0 saturated carbocycles. The van der Waals surface area contributed by atoms with Crippen molar-refractivity contribution >= 4 is 35.1 Å². The van der Waals surface area contributed by atoms with E-state index in [0.717, 1.165) is 18.7 Å². The Labute approximate surface area is 136 Å². The summed E-state index contributed by atoms with van der Waals surface area (Å²) in [4.78, 5) is 14.8. The van der Waals surface area contributed by atoms with Crippen LogP contribution in [0.5, 0.6) is 0 Å². The number of piperidine rings is 1. The first-order chi connectivity index (χ1) is 9.91. The van der Waals surface area contributed by atoms with Crippen LogP contribution in [0.25, 0.3) is 6.08 Å². The summed E-state index contributed by atoms with van der Waals surface area (Å²) in [6.07, 6.45) is 7.06. The normalized spacial score (nSPS) is 17.3. The predicted molar refractivity (Wildman–Crippen MR) is 90.0 cm³/mol. The van der Waals surface area contributed by atoms with Gasteiger partial charge in [-0.3, -0.25) is 9.69 Å². The summed E-state index contributed by atoms with van der Waals surface area (Å²) in [7, 11) is 0. The Hall–Kier alpha value is -0.830. The molecule has 1 fully saturated rings. The molecule has 0 spiro atoms. The first-order valence-corrected chi connectivity index (χ1v) is 8.09. The Bertz CT molecular complexity index is 546. The first kappa shape index (κ1) is 16.5. The number of carbonyl (C=O) groups is 1. The fourth-order valence-electron chi connectivity index (χ4n) is 2.60. The molecule has 0 amide bonds. The van der Waals surface area contributed by atoms with E-state index in [9.17, 15) is 4.79 Å². The van der Waals surface area contributed by atoms with Gasteiger partial charge < -0.3 is 0 Å². The van der Waals surface area contributed by atoms with Crippen LogP contribution in [0.15, 0.2) is 24.3 Å². The van der Waals surface area contributed by atoms with Gasteiger partial charge in [0.2, 0.25) is 0 Å². The molecule has 0 atom stereocenters. The lowest BCUT2D eigenvalue weighted by Crippen LogP contribution is -2.51. The fraction of sp³-hybridized carbons (Fsp3) is 0.471. The molecule has 0 unspecified atom stereocenters. The molecule has 2 nitrogen and oxygen atoms in total. The van der Waals surface area contributed by atoms with Gasteiger partial charge in [0, 0.05) is 0 Å². The van der Waals surface area contributed by atoms with E-state index in [1.54, 1.807) is 24.3 Å². The second-order valence-corrected chi connectivity index (χ2v) is 6.79. The average molecular weight is 326 g/mol. The lowest BCUT2D eigenvalue weighted by molar-refractivity contribution is -0.125. The molecular weight excluding hydrogens is 305 g/mol. The third kappa shape index (κ3) is 4.09. The van der Waals surface area contributed by atoms with Gasteiger partial charge in [0.05, 0.1) is 15.6 Å². The summed E-state index contributed by atoms with van der Waals surface area (Å²) in [5.41, 5.74) is 0.430. The Morgan fingerprint density at radius 1 is 1.14 bits per heavy atom. The molecule has 0 radical (unpaired) electrons. The SMILES string of the molecule is CC(C)(C(=O)/C=C/c1ccc(Cl)c(Cl)c1)N1CCCCC1. The molecule has 0 aromatic heterocycles. The number of ketones is 1. The van der Waals surface area contributed by atoms with E-state index in [2.05, 4.69) is 4.90 Å². The van der Waals surface area contributed by atoms with Crippen LogP contribution in [-0.4, -0.2) is 29.3 Å². The maximum Gasteiger partial charge on any atom is 0.175 e. The van der Waals surface area contributed by atoms with Gasteiger partial charge in [0.25, 0.3) is 0 Å². The van der Waals surface area contributed by atoms with E-state index < -0.39 is 5.54 Å². The largest absolute Gasteiger partial charge is 0.293 e. The lowest BCUT2D eigenvalue weighted by Gasteiger charge is -2.39. The van der Waals surface area contributed by atoms with E-state index in [-0.39, 0.29) is 5.78 Å². The predicted octanol–water partition coefficient (Wildman–Crippen LogP) is 4.84. The fourth-order valence-corrected chi connectivity index (χ4v) is 2.91. The lowest BCUT2D eigenvalue weighted by atomic mass is 9.93. The number of nitrogens with zero attached hydrogens (tertiary/aromatic N) is 1. The van der Waals surface area contributed by atoms with Gasteiger partial charge in [-0.1, -0.05) is 41.8 Å². The maximum atomic E-state index is 12.5. The molecule has 1 aromatic carbocycles. The second kappa shape index (κ2) is 6.95. The van der Waals surface area contributed by atoms with Crippen LogP contribution >= 0.6 is 23.2 Å². The number of rotatable bonds is 4. The quantitative estimate of drug-likeness (QED) is 0.738. The molecule has 114 valence electrons. The minimum atomic E-state index is -0.451. The van der Waals surface area contributed by atoms with Gasteiger partial charge in [0.15, 0.2) is 5.78 Å². The monoisotopic (exact) mass is 325 g/mol. The Kier molecular flexibility index (Phi) is 5.48. The van der Waals surface area contributed by atoms with Gasteiger partial charge in [-0.15, -0.1) is 0 Å². The van der Waals surface area contributed by atoms with E-state index in [1.807, 2.05) is 19.9 Å². The number of hydrogen-bond acceptors (Lipinski definition) is 2. The van der Waals surface area contributed by atoms with Crippen molar-refractivity contribution in [1.29, 1.82) is 0 Å². The van der Waals surface area contributed by atoms with Crippen LogP contribution in [0.1, 0.15) is 38.7 Å². The van der Waals surface area contributed by atoms with Crippen molar-refractivity contribution in [3.8, 4) is 0 Å². The van der Waals surface area contributed by atoms with Crippen molar-refractivity contribution in [1.82, 2.24) is 4.90 Å². The molecule has 1 aliphatic rings. The molecule has 2 rings (SSSR count). The number of hydrogen-bond donors (Lipinski definition) is 0. The average Bonchev–Trinajstić information content (AvgIpc) is 2.49. The minimum absolute atomic E-state index is 0.121. The van der Waals surface area contributed by atoms with Crippen LogP contribution < -0.4 is 0 Å². The van der Waals surface area contributed by atoms with E-state index in [0.29, 0.717) is 10.0 Å². The minimum Gasteiger partial charge on any atom is -0.293 e. The second-order valence-electron chi connectivity index (χ2n) is 5.98. The molecule has 1 aromatic rings. The highest BCUT2D eigenvalue weighted by Gasteiger charge is 2.33. The maximum absolute atomic E-state index is 12.5. The standard InChI is InChI=1S/C17H21Cl2NO/c1-17(2,20-10-4-3-5-11-20)16(21)9-7-13-6-8-14(18)15(19)12-13/h6-9,12H,3-5,10-11H2,1-2H3/b9-7+.